The molecule has 0 unspecified atom stereocenters. The van der Waals surface area contributed by atoms with Gasteiger partial charge in [-0.3, -0.25) is 9.78 Å². The monoisotopic (exact) mass is 444 g/mol. The van der Waals surface area contributed by atoms with E-state index in [2.05, 4.69) is 42.6 Å². The van der Waals surface area contributed by atoms with E-state index in [1.165, 1.54) is 0 Å². The van der Waals surface area contributed by atoms with Crippen molar-refractivity contribution in [2.24, 2.45) is 0 Å². The average Bonchev–Trinajstić information content (AvgIpc) is 3.51. The van der Waals surface area contributed by atoms with Crippen LogP contribution in [0.4, 0.5) is 0 Å². The molecule has 3 aromatic heterocycles. The Hall–Kier alpha value is -3.75. The summed E-state index contributed by atoms with van der Waals surface area (Å²) in [7, 11) is 0. The summed E-state index contributed by atoms with van der Waals surface area (Å²) in [5.74, 6) is 1.63. The van der Waals surface area contributed by atoms with E-state index >= 15 is 0 Å². The highest BCUT2D eigenvalue weighted by Gasteiger charge is 2.17. The first-order chi connectivity index (χ1) is 16.2. The van der Waals surface area contributed by atoms with Crippen LogP contribution < -0.4 is 0 Å². The van der Waals surface area contributed by atoms with Crippen molar-refractivity contribution in [1.82, 2.24) is 40.4 Å². The SMILES string of the molecule is CCCCCn1nc(C(=O)CCC)nc1Cc1ccc(-c2ccccc2-c2nn[nH]n2)cn1. The van der Waals surface area contributed by atoms with Crippen LogP contribution in [0, 0.1) is 0 Å². The van der Waals surface area contributed by atoms with Crippen molar-refractivity contribution in [1.29, 1.82) is 0 Å². The fourth-order valence-electron chi connectivity index (χ4n) is 3.71. The third-order valence-electron chi connectivity index (χ3n) is 5.44. The highest BCUT2D eigenvalue weighted by molar-refractivity contribution is 5.92. The largest absolute Gasteiger partial charge is 0.291 e. The molecule has 0 bridgehead atoms. The molecule has 0 atom stereocenters. The zero-order valence-electron chi connectivity index (χ0n) is 19.0. The van der Waals surface area contributed by atoms with Crippen LogP contribution in [0.5, 0.6) is 0 Å². The van der Waals surface area contributed by atoms with Gasteiger partial charge in [0.15, 0.2) is 0 Å². The number of ketones is 1. The summed E-state index contributed by atoms with van der Waals surface area (Å²) in [6.07, 6.45) is 6.86. The van der Waals surface area contributed by atoms with Gasteiger partial charge in [-0.05, 0) is 29.7 Å². The minimum Gasteiger partial charge on any atom is -0.291 e. The van der Waals surface area contributed by atoms with Gasteiger partial charge in [0.05, 0.1) is 0 Å². The Balaban J connectivity index is 1.56. The maximum absolute atomic E-state index is 12.4. The third-order valence-corrected chi connectivity index (χ3v) is 5.44. The molecule has 0 spiro atoms. The van der Waals surface area contributed by atoms with Crippen LogP contribution in [0.1, 0.15) is 68.1 Å². The first-order valence-electron chi connectivity index (χ1n) is 11.4. The first-order valence-corrected chi connectivity index (χ1v) is 11.4. The van der Waals surface area contributed by atoms with Crippen molar-refractivity contribution in [3.63, 3.8) is 0 Å². The Bertz CT molecular complexity index is 1180. The molecule has 33 heavy (non-hydrogen) atoms. The molecule has 170 valence electrons. The number of carbonyl (C=O) groups is 1. The summed E-state index contributed by atoms with van der Waals surface area (Å²) in [5.41, 5.74) is 3.69. The zero-order chi connectivity index (χ0) is 23.0. The summed E-state index contributed by atoms with van der Waals surface area (Å²) in [6, 6.07) is 11.9. The van der Waals surface area contributed by atoms with Crippen molar-refractivity contribution < 1.29 is 4.79 Å². The summed E-state index contributed by atoms with van der Waals surface area (Å²) in [4.78, 5) is 21.6. The second-order valence-electron chi connectivity index (χ2n) is 7.95. The van der Waals surface area contributed by atoms with Crippen molar-refractivity contribution in [3.05, 3.63) is 59.9 Å². The van der Waals surface area contributed by atoms with E-state index in [-0.39, 0.29) is 5.78 Å². The number of pyridine rings is 1. The standard InChI is InChI=1S/C24H28N8O/c1-3-5-8-14-32-22(26-24(29-32)21(33)9-4-2)15-18-13-12-17(16-25-18)19-10-6-7-11-20(19)23-27-30-31-28-23/h6-7,10-13,16H,3-5,8-9,14-15H2,1-2H3,(H,27,28,30,31). The fourth-order valence-corrected chi connectivity index (χ4v) is 3.71. The molecule has 0 fully saturated rings. The molecule has 4 aromatic rings. The Morgan fingerprint density at radius 1 is 1.03 bits per heavy atom. The number of hydrogen-bond donors (Lipinski definition) is 1. The first kappa shape index (κ1) is 22.4. The number of unbranched alkanes of at least 4 members (excludes halogenated alkanes) is 2. The number of tetrazole rings is 1. The van der Waals surface area contributed by atoms with Crippen LogP contribution in [0.25, 0.3) is 22.5 Å². The smallest absolute Gasteiger partial charge is 0.217 e. The number of benzene rings is 1. The predicted molar refractivity (Wildman–Crippen MR) is 124 cm³/mol. The number of nitrogens with zero attached hydrogens (tertiary/aromatic N) is 7. The number of aromatic nitrogens is 8. The second kappa shape index (κ2) is 10.7. The highest BCUT2D eigenvalue weighted by Crippen LogP contribution is 2.29. The van der Waals surface area contributed by atoms with E-state index in [1.807, 2.05) is 54.2 Å². The number of rotatable bonds is 11. The molecule has 9 heteroatoms. The lowest BCUT2D eigenvalue weighted by molar-refractivity contribution is 0.0971. The van der Waals surface area contributed by atoms with Gasteiger partial charge in [0.25, 0.3) is 0 Å². The Morgan fingerprint density at radius 3 is 2.58 bits per heavy atom. The molecule has 1 N–H and O–H groups in total. The van der Waals surface area contributed by atoms with Gasteiger partial charge in [-0.1, -0.05) is 57.0 Å². The quantitative estimate of drug-likeness (QED) is 0.271. The Morgan fingerprint density at radius 2 is 1.88 bits per heavy atom. The minimum atomic E-state index is -0.00521. The molecular formula is C24H28N8O. The van der Waals surface area contributed by atoms with Gasteiger partial charge in [-0.2, -0.15) is 5.21 Å². The van der Waals surface area contributed by atoms with Crippen LogP contribution in [0.3, 0.4) is 0 Å². The highest BCUT2D eigenvalue weighted by atomic mass is 16.1. The van der Waals surface area contributed by atoms with Gasteiger partial charge in [-0.25, -0.2) is 9.67 Å². The van der Waals surface area contributed by atoms with E-state index in [0.29, 0.717) is 24.5 Å². The van der Waals surface area contributed by atoms with Gasteiger partial charge in [0, 0.05) is 42.4 Å². The molecule has 0 aliphatic carbocycles. The number of nitrogens with one attached hydrogen (secondary N) is 1. The average molecular weight is 445 g/mol. The maximum atomic E-state index is 12.4. The van der Waals surface area contributed by atoms with Crippen molar-refractivity contribution in [2.45, 2.75) is 58.9 Å². The summed E-state index contributed by atoms with van der Waals surface area (Å²) < 4.78 is 1.87. The Labute approximate surface area is 192 Å². The van der Waals surface area contributed by atoms with Gasteiger partial charge < -0.3 is 0 Å². The molecular weight excluding hydrogens is 416 g/mol. The fraction of sp³-hybridized carbons (Fsp3) is 0.375. The number of aryl methyl sites for hydroxylation is 1. The van der Waals surface area contributed by atoms with E-state index < -0.39 is 0 Å². The van der Waals surface area contributed by atoms with Crippen LogP contribution in [0.15, 0.2) is 42.6 Å². The van der Waals surface area contributed by atoms with Crippen LogP contribution in [-0.4, -0.2) is 46.2 Å². The van der Waals surface area contributed by atoms with Crippen molar-refractivity contribution in [2.75, 3.05) is 0 Å². The van der Waals surface area contributed by atoms with Crippen molar-refractivity contribution >= 4 is 5.78 Å². The Kier molecular flexibility index (Phi) is 7.29. The summed E-state index contributed by atoms with van der Waals surface area (Å²) in [6.45, 7) is 4.91. The van der Waals surface area contributed by atoms with E-state index in [0.717, 1.165) is 60.4 Å². The van der Waals surface area contributed by atoms with E-state index in [4.69, 9.17) is 0 Å². The molecule has 1 aromatic carbocycles. The second-order valence-corrected chi connectivity index (χ2v) is 7.95. The van der Waals surface area contributed by atoms with Crippen LogP contribution in [0.2, 0.25) is 0 Å². The molecule has 0 aliphatic heterocycles. The lowest BCUT2D eigenvalue weighted by Crippen LogP contribution is -2.08. The van der Waals surface area contributed by atoms with Crippen LogP contribution in [-0.2, 0) is 13.0 Å². The molecule has 0 amide bonds. The third kappa shape index (κ3) is 5.36. The number of carbonyl (C=O) groups excluding carboxylic acids is 1. The summed E-state index contributed by atoms with van der Waals surface area (Å²) in [5, 5.41) is 18.9. The minimum absolute atomic E-state index is 0.00521. The molecule has 0 saturated heterocycles. The normalized spacial score (nSPS) is 11.1. The van der Waals surface area contributed by atoms with E-state index in [9.17, 15) is 4.79 Å². The summed E-state index contributed by atoms with van der Waals surface area (Å²) >= 11 is 0. The maximum Gasteiger partial charge on any atom is 0.217 e. The van der Waals surface area contributed by atoms with Crippen LogP contribution >= 0.6 is 0 Å². The van der Waals surface area contributed by atoms with Gasteiger partial charge in [0.1, 0.15) is 5.82 Å². The lowest BCUT2D eigenvalue weighted by Gasteiger charge is -2.08. The molecule has 0 aliphatic rings. The molecule has 0 radical (unpaired) electrons. The lowest BCUT2D eigenvalue weighted by atomic mass is 10.0. The topological polar surface area (TPSA) is 115 Å². The zero-order valence-corrected chi connectivity index (χ0v) is 19.0. The van der Waals surface area contributed by atoms with E-state index in [1.54, 1.807) is 0 Å². The van der Waals surface area contributed by atoms with Gasteiger partial charge in [-0.15, -0.1) is 15.3 Å². The molecule has 4 rings (SSSR count). The molecule has 0 saturated carbocycles. The van der Waals surface area contributed by atoms with Gasteiger partial charge >= 0.3 is 0 Å². The predicted octanol–water partition coefficient (Wildman–Crippen LogP) is 4.28. The van der Waals surface area contributed by atoms with Gasteiger partial charge in [0.2, 0.25) is 17.4 Å². The molecule has 3 heterocycles. The number of aromatic amines is 1. The number of hydrogen-bond acceptors (Lipinski definition) is 7. The molecule has 9 nitrogen and oxygen atoms in total. The number of Topliss-reactive ketones (excluding diaryl/α,β-unsaturated/α-hetero) is 1. The number of H-pyrrole nitrogens is 1. The van der Waals surface area contributed by atoms with Crippen molar-refractivity contribution in [3.8, 4) is 22.5 Å².